The van der Waals surface area contributed by atoms with Crippen LogP contribution in [-0.2, 0) is 0 Å². The van der Waals surface area contributed by atoms with Gasteiger partial charge >= 0.3 is 0 Å². The third kappa shape index (κ3) is 4.98. The van der Waals surface area contributed by atoms with Gasteiger partial charge in [-0.25, -0.2) is 15.0 Å². The predicted molar refractivity (Wildman–Crippen MR) is 236 cm³/mol. The molecule has 0 radical (unpaired) electrons. The Hall–Kier alpha value is -7.41. The smallest absolute Gasteiger partial charge is 0.165 e. The van der Waals surface area contributed by atoms with Gasteiger partial charge in [0.25, 0.3) is 0 Å². The molecule has 0 amide bonds. The monoisotopic (exact) mass is 746 g/mol. The van der Waals surface area contributed by atoms with Crippen molar-refractivity contribution in [1.29, 1.82) is 0 Å². The fourth-order valence-electron chi connectivity index (χ4n) is 8.50. The average Bonchev–Trinajstić information content (AvgIpc) is 3.97. The molecule has 0 aliphatic carbocycles. The quantitative estimate of drug-likeness (QED) is 0.176. The Bertz CT molecular complexity index is 3530. The molecule has 12 aromatic rings. The molecule has 266 valence electrons. The molecule has 0 N–H and O–H groups in total. The molecule has 4 heterocycles. The van der Waals surface area contributed by atoms with Crippen molar-refractivity contribution < 1.29 is 4.42 Å². The minimum Gasteiger partial charge on any atom is -0.456 e. The number of hydrogen-bond donors (Lipinski definition) is 0. The van der Waals surface area contributed by atoms with Gasteiger partial charge in [-0.2, -0.15) is 0 Å². The van der Waals surface area contributed by atoms with E-state index in [1.165, 1.54) is 37.3 Å². The lowest BCUT2D eigenvalue weighted by Crippen LogP contribution is -2.00. The molecule has 0 saturated carbocycles. The molecular weight excluding hydrogens is 717 g/mol. The van der Waals surface area contributed by atoms with Crippen LogP contribution in [-0.4, -0.2) is 19.5 Å². The Morgan fingerprint density at radius 2 is 1.00 bits per heavy atom. The van der Waals surface area contributed by atoms with Crippen LogP contribution >= 0.6 is 11.3 Å². The van der Waals surface area contributed by atoms with Crippen LogP contribution in [0.15, 0.2) is 186 Å². The van der Waals surface area contributed by atoms with Crippen LogP contribution in [0, 0.1) is 0 Å². The van der Waals surface area contributed by atoms with E-state index in [0.29, 0.717) is 17.5 Å². The lowest BCUT2D eigenvalue weighted by molar-refractivity contribution is 0.669. The summed E-state index contributed by atoms with van der Waals surface area (Å²) in [6, 6.07) is 63.6. The van der Waals surface area contributed by atoms with E-state index in [1.807, 2.05) is 47.7 Å². The van der Waals surface area contributed by atoms with Crippen molar-refractivity contribution in [3.05, 3.63) is 182 Å². The second-order valence-corrected chi connectivity index (χ2v) is 15.4. The molecule has 6 heteroatoms. The number of thiophene rings is 1. The van der Waals surface area contributed by atoms with Gasteiger partial charge in [0.1, 0.15) is 11.2 Å². The van der Waals surface area contributed by atoms with Gasteiger partial charge in [-0.05, 0) is 53.6 Å². The second-order valence-electron chi connectivity index (χ2n) is 14.3. The van der Waals surface area contributed by atoms with E-state index < -0.39 is 0 Å². The first-order chi connectivity index (χ1) is 28.3. The zero-order valence-electron chi connectivity index (χ0n) is 30.4. The molecule has 4 aromatic heterocycles. The summed E-state index contributed by atoms with van der Waals surface area (Å²) in [5, 5.41) is 6.88. The number of rotatable bonds is 5. The lowest BCUT2D eigenvalue weighted by Gasteiger charge is -2.11. The van der Waals surface area contributed by atoms with Gasteiger partial charge in [0.15, 0.2) is 17.5 Å². The first kappa shape index (κ1) is 31.9. The number of nitrogens with zero attached hydrogens (tertiary/aromatic N) is 4. The summed E-state index contributed by atoms with van der Waals surface area (Å²) in [6.45, 7) is 0. The Kier molecular flexibility index (Phi) is 7.03. The van der Waals surface area contributed by atoms with E-state index in [4.69, 9.17) is 19.4 Å². The summed E-state index contributed by atoms with van der Waals surface area (Å²) in [5.74, 6) is 1.84. The van der Waals surface area contributed by atoms with Crippen LogP contribution in [0.3, 0.4) is 0 Å². The number of hydrogen-bond acceptors (Lipinski definition) is 5. The van der Waals surface area contributed by atoms with Crippen LogP contribution in [0.2, 0.25) is 0 Å². The third-order valence-corrected chi connectivity index (χ3v) is 12.3. The number of fused-ring (bicyclic) bond motifs is 10. The normalized spacial score (nSPS) is 11.9. The van der Waals surface area contributed by atoms with E-state index in [0.717, 1.165) is 60.1 Å². The van der Waals surface area contributed by atoms with E-state index in [9.17, 15) is 0 Å². The highest BCUT2D eigenvalue weighted by Crippen LogP contribution is 2.46. The first-order valence-electron chi connectivity index (χ1n) is 19.0. The van der Waals surface area contributed by atoms with Gasteiger partial charge in [-0.1, -0.05) is 140 Å². The van der Waals surface area contributed by atoms with E-state index in [-0.39, 0.29) is 0 Å². The maximum Gasteiger partial charge on any atom is 0.165 e. The maximum atomic E-state index is 6.33. The van der Waals surface area contributed by atoms with Crippen molar-refractivity contribution in [2.24, 2.45) is 0 Å². The lowest BCUT2D eigenvalue weighted by atomic mass is 10.0. The largest absolute Gasteiger partial charge is 0.456 e. The zero-order valence-corrected chi connectivity index (χ0v) is 31.2. The van der Waals surface area contributed by atoms with Gasteiger partial charge in [0, 0.05) is 59.4 Å². The standard InChI is InChI=1S/C51H30N4OS/c1-3-14-31(15-4-1)32-16-11-17-33(30-32)49-52-50(40-23-13-27-44-45(40)39-21-8-10-26-43(39)56-44)54-51(53-49)41-24-12-22-37-38-29-28-36-35-20-7-9-25-42(35)55(34-18-5-2-6-19-34)46(36)48(38)57-47(37)41/h1-30H. The van der Waals surface area contributed by atoms with E-state index in [1.54, 1.807) is 0 Å². The number of para-hydroxylation sites is 3. The summed E-state index contributed by atoms with van der Waals surface area (Å²) >= 11 is 1.81. The minimum atomic E-state index is 0.599. The number of furan rings is 1. The average molecular weight is 747 g/mol. The Morgan fingerprint density at radius 3 is 1.88 bits per heavy atom. The number of aromatic nitrogens is 4. The van der Waals surface area contributed by atoms with Gasteiger partial charge in [-0.3, -0.25) is 0 Å². The van der Waals surface area contributed by atoms with Crippen molar-refractivity contribution in [3.8, 4) is 51.0 Å². The van der Waals surface area contributed by atoms with Crippen molar-refractivity contribution >= 4 is 75.3 Å². The molecule has 0 unspecified atom stereocenters. The molecule has 0 spiro atoms. The third-order valence-electron chi connectivity index (χ3n) is 11.1. The first-order valence-corrected chi connectivity index (χ1v) is 19.8. The van der Waals surface area contributed by atoms with Gasteiger partial charge in [-0.15, -0.1) is 11.3 Å². The topological polar surface area (TPSA) is 56.7 Å². The van der Waals surface area contributed by atoms with Crippen molar-refractivity contribution in [2.45, 2.75) is 0 Å². The van der Waals surface area contributed by atoms with Crippen LogP contribution in [0.1, 0.15) is 0 Å². The Balaban J connectivity index is 1.14. The zero-order chi connectivity index (χ0) is 37.5. The van der Waals surface area contributed by atoms with E-state index >= 15 is 0 Å². The van der Waals surface area contributed by atoms with Crippen molar-refractivity contribution in [1.82, 2.24) is 19.5 Å². The minimum absolute atomic E-state index is 0.599. The highest BCUT2D eigenvalue weighted by Gasteiger charge is 2.22. The van der Waals surface area contributed by atoms with Crippen LogP contribution in [0.5, 0.6) is 0 Å². The number of benzene rings is 8. The second kappa shape index (κ2) is 12.6. The molecule has 0 aliphatic rings. The summed E-state index contributed by atoms with van der Waals surface area (Å²) in [4.78, 5) is 15.9. The summed E-state index contributed by atoms with van der Waals surface area (Å²) in [5.41, 5.74) is 10.2. The molecule has 5 nitrogen and oxygen atoms in total. The van der Waals surface area contributed by atoms with Crippen molar-refractivity contribution in [2.75, 3.05) is 0 Å². The SMILES string of the molecule is c1ccc(-c2cccc(-c3nc(-c4cccc5c4sc4c5ccc5c6ccccc6n(-c6ccccc6)c54)nc(-c4cccc5oc6ccccc6c45)n3)c2)cc1. The summed E-state index contributed by atoms with van der Waals surface area (Å²) in [7, 11) is 0. The Labute approximate surface area is 330 Å². The molecule has 0 saturated heterocycles. The fraction of sp³-hybridized carbons (Fsp3) is 0. The van der Waals surface area contributed by atoms with Gasteiger partial charge in [0.2, 0.25) is 0 Å². The summed E-state index contributed by atoms with van der Waals surface area (Å²) < 4.78 is 11.1. The molecule has 12 rings (SSSR count). The molecule has 0 bridgehead atoms. The van der Waals surface area contributed by atoms with E-state index in [2.05, 4.69) is 150 Å². The maximum absolute atomic E-state index is 6.33. The van der Waals surface area contributed by atoms with Crippen LogP contribution in [0.4, 0.5) is 0 Å². The summed E-state index contributed by atoms with van der Waals surface area (Å²) in [6.07, 6.45) is 0. The Morgan fingerprint density at radius 1 is 0.404 bits per heavy atom. The predicted octanol–water partition coefficient (Wildman–Crippen LogP) is 13.9. The molecule has 0 atom stereocenters. The van der Waals surface area contributed by atoms with Gasteiger partial charge < -0.3 is 8.98 Å². The molecule has 0 fully saturated rings. The molecule has 57 heavy (non-hydrogen) atoms. The highest BCUT2D eigenvalue weighted by molar-refractivity contribution is 7.27. The molecule has 8 aromatic carbocycles. The van der Waals surface area contributed by atoms with Gasteiger partial charge in [0.05, 0.1) is 15.7 Å². The van der Waals surface area contributed by atoms with Crippen LogP contribution in [0.25, 0.3) is 115 Å². The van der Waals surface area contributed by atoms with Crippen molar-refractivity contribution in [3.63, 3.8) is 0 Å². The van der Waals surface area contributed by atoms with Crippen LogP contribution < -0.4 is 0 Å². The molecular formula is C51H30N4OS. The highest BCUT2D eigenvalue weighted by atomic mass is 32.1. The molecule has 0 aliphatic heterocycles. The fourth-order valence-corrected chi connectivity index (χ4v) is 9.85.